The van der Waals surface area contributed by atoms with Gasteiger partial charge in [0.2, 0.25) is 0 Å². The lowest BCUT2D eigenvalue weighted by molar-refractivity contribution is 0.287. The Hall–Kier alpha value is -0.870. The summed E-state index contributed by atoms with van der Waals surface area (Å²) in [6, 6.07) is 0. The van der Waals surface area contributed by atoms with Gasteiger partial charge in [0.25, 0.3) is 0 Å². The van der Waals surface area contributed by atoms with Gasteiger partial charge < -0.3 is 15.2 Å². The van der Waals surface area contributed by atoms with Crippen LogP contribution in [0.25, 0.3) is 0 Å². The van der Waals surface area contributed by atoms with E-state index in [-0.39, 0.29) is 0 Å². The molecule has 0 aromatic carbocycles. The van der Waals surface area contributed by atoms with Gasteiger partial charge in [-0.1, -0.05) is 13.8 Å². The largest absolute Gasteiger partial charge is 0.345 e. The van der Waals surface area contributed by atoms with E-state index in [0.717, 1.165) is 37.7 Å². The van der Waals surface area contributed by atoms with E-state index in [0.29, 0.717) is 0 Å². The summed E-state index contributed by atoms with van der Waals surface area (Å²) >= 11 is 0. The molecule has 0 saturated carbocycles. The summed E-state index contributed by atoms with van der Waals surface area (Å²) in [5, 5.41) is 3.43. The number of likely N-dealkylation sites (N-methyl/N-ethyl adjacent to an activating group) is 1. The van der Waals surface area contributed by atoms with Crippen molar-refractivity contribution in [1.29, 1.82) is 0 Å². The average molecular weight is 224 g/mol. The molecule has 1 aromatic heterocycles. The summed E-state index contributed by atoms with van der Waals surface area (Å²) < 4.78 is 0. The van der Waals surface area contributed by atoms with Gasteiger partial charge in [-0.2, -0.15) is 0 Å². The highest BCUT2D eigenvalue weighted by Gasteiger charge is 2.00. The Bertz CT molecular complexity index is 282. The van der Waals surface area contributed by atoms with Crippen molar-refractivity contribution in [3.05, 3.63) is 17.7 Å². The standard InChI is InChI=1S/C12H24N4/c1-4-7-16(5-2)8-6-13-9-12-10-14-11(3)15-12/h10,13H,4-9H2,1-3H3,(H,14,15). The van der Waals surface area contributed by atoms with Crippen molar-refractivity contribution in [1.82, 2.24) is 20.2 Å². The zero-order chi connectivity index (χ0) is 11.8. The lowest BCUT2D eigenvalue weighted by Gasteiger charge is -2.19. The summed E-state index contributed by atoms with van der Waals surface area (Å²) in [7, 11) is 0. The molecule has 0 aliphatic heterocycles. The molecule has 4 nitrogen and oxygen atoms in total. The molecule has 1 aromatic rings. The average Bonchev–Trinajstić information content (AvgIpc) is 2.69. The van der Waals surface area contributed by atoms with Gasteiger partial charge in [-0.05, 0) is 26.4 Å². The van der Waals surface area contributed by atoms with Crippen LogP contribution in [0.1, 0.15) is 31.8 Å². The fourth-order valence-corrected chi connectivity index (χ4v) is 1.77. The van der Waals surface area contributed by atoms with Crippen molar-refractivity contribution in [3.63, 3.8) is 0 Å². The first-order valence-corrected chi connectivity index (χ1v) is 6.19. The number of hydrogen-bond acceptors (Lipinski definition) is 3. The van der Waals surface area contributed by atoms with E-state index in [4.69, 9.17) is 0 Å². The molecule has 1 heterocycles. The minimum absolute atomic E-state index is 0.879. The zero-order valence-electron chi connectivity index (χ0n) is 10.7. The number of nitrogens with zero attached hydrogens (tertiary/aromatic N) is 2. The Morgan fingerprint density at radius 1 is 1.38 bits per heavy atom. The van der Waals surface area contributed by atoms with E-state index in [1.165, 1.54) is 13.0 Å². The molecule has 0 saturated heterocycles. The van der Waals surface area contributed by atoms with E-state index >= 15 is 0 Å². The van der Waals surface area contributed by atoms with Gasteiger partial charge in [-0.3, -0.25) is 0 Å². The fraction of sp³-hybridized carbons (Fsp3) is 0.750. The maximum absolute atomic E-state index is 4.17. The van der Waals surface area contributed by atoms with Gasteiger partial charge in [0, 0.05) is 31.5 Å². The van der Waals surface area contributed by atoms with Crippen molar-refractivity contribution >= 4 is 0 Å². The Morgan fingerprint density at radius 3 is 2.75 bits per heavy atom. The number of H-pyrrole nitrogens is 1. The van der Waals surface area contributed by atoms with Gasteiger partial charge in [0.05, 0.1) is 0 Å². The second-order valence-electron chi connectivity index (χ2n) is 4.10. The monoisotopic (exact) mass is 224 g/mol. The quantitative estimate of drug-likeness (QED) is 0.658. The van der Waals surface area contributed by atoms with Crippen LogP contribution in [0.5, 0.6) is 0 Å². The van der Waals surface area contributed by atoms with E-state index in [1.54, 1.807) is 0 Å². The first kappa shape index (κ1) is 13.2. The highest BCUT2D eigenvalue weighted by molar-refractivity contribution is 4.99. The summed E-state index contributed by atoms with van der Waals surface area (Å²) in [5.74, 6) is 0.984. The number of rotatable bonds is 8. The Balaban J connectivity index is 2.11. The molecule has 0 aliphatic carbocycles. The third kappa shape index (κ3) is 4.77. The van der Waals surface area contributed by atoms with Crippen LogP contribution in [0.15, 0.2) is 6.20 Å². The second-order valence-corrected chi connectivity index (χ2v) is 4.10. The van der Waals surface area contributed by atoms with Gasteiger partial charge in [-0.15, -0.1) is 0 Å². The van der Waals surface area contributed by atoms with Crippen LogP contribution >= 0.6 is 0 Å². The van der Waals surface area contributed by atoms with Gasteiger partial charge in [-0.25, -0.2) is 4.98 Å². The van der Waals surface area contributed by atoms with E-state index < -0.39 is 0 Å². The van der Waals surface area contributed by atoms with Gasteiger partial charge in [0.15, 0.2) is 0 Å². The molecule has 0 fully saturated rings. The predicted molar refractivity (Wildman–Crippen MR) is 67.4 cm³/mol. The lowest BCUT2D eigenvalue weighted by atomic mass is 10.4. The summed E-state index contributed by atoms with van der Waals surface area (Å²) in [6.07, 6.45) is 3.12. The second kappa shape index (κ2) is 7.41. The zero-order valence-corrected chi connectivity index (χ0v) is 10.7. The molecule has 0 atom stereocenters. The number of aryl methyl sites for hydroxylation is 1. The van der Waals surface area contributed by atoms with Crippen LogP contribution in [0.4, 0.5) is 0 Å². The van der Waals surface area contributed by atoms with Crippen LogP contribution in [0.2, 0.25) is 0 Å². The van der Waals surface area contributed by atoms with Crippen LogP contribution in [0, 0.1) is 6.92 Å². The summed E-state index contributed by atoms with van der Waals surface area (Å²) in [6.45, 7) is 11.8. The van der Waals surface area contributed by atoms with E-state index in [1.807, 2.05) is 13.1 Å². The molecule has 92 valence electrons. The molecule has 0 amide bonds. The maximum Gasteiger partial charge on any atom is 0.103 e. The predicted octanol–water partition coefficient (Wildman–Crippen LogP) is 1.54. The van der Waals surface area contributed by atoms with E-state index in [2.05, 4.69) is 34.0 Å². The minimum Gasteiger partial charge on any atom is -0.345 e. The van der Waals surface area contributed by atoms with Crippen molar-refractivity contribution in [2.45, 2.75) is 33.7 Å². The first-order chi connectivity index (χ1) is 7.76. The van der Waals surface area contributed by atoms with Crippen LogP contribution < -0.4 is 5.32 Å². The van der Waals surface area contributed by atoms with Crippen molar-refractivity contribution in [3.8, 4) is 0 Å². The topological polar surface area (TPSA) is 44.0 Å². The molecular weight excluding hydrogens is 200 g/mol. The molecule has 0 bridgehead atoms. The molecule has 4 heteroatoms. The van der Waals surface area contributed by atoms with Gasteiger partial charge in [0.1, 0.15) is 5.82 Å². The number of aromatic amines is 1. The molecule has 0 aliphatic rings. The van der Waals surface area contributed by atoms with Crippen LogP contribution in [-0.4, -0.2) is 41.0 Å². The molecule has 16 heavy (non-hydrogen) atoms. The van der Waals surface area contributed by atoms with Crippen LogP contribution in [0.3, 0.4) is 0 Å². The minimum atomic E-state index is 0.879. The number of nitrogens with one attached hydrogen (secondary N) is 2. The number of imidazole rings is 1. The van der Waals surface area contributed by atoms with Crippen molar-refractivity contribution in [2.75, 3.05) is 26.2 Å². The molecule has 1 rings (SSSR count). The Labute approximate surface area is 98.5 Å². The van der Waals surface area contributed by atoms with Crippen LogP contribution in [-0.2, 0) is 6.54 Å². The first-order valence-electron chi connectivity index (χ1n) is 6.19. The smallest absolute Gasteiger partial charge is 0.103 e. The SMILES string of the molecule is CCCN(CC)CCNCc1cnc(C)[nH]1. The molecule has 0 spiro atoms. The van der Waals surface area contributed by atoms with Crippen molar-refractivity contribution in [2.24, 2.45) is 0 Å². The summed E-state index contributed by atoms with van der Waals surface area (Å²) in [4.78, 5) is 9.85. The number of hydrogen-bond donors (Lipinski definition) is 2. The molecule has 2 N–H and O–H groups in total. The fourth-order valence-electron chi connectivity index (χ4n) is 1.77. The third-order valence-corrected chi connectivity index (χ3v) is 2.66. The molecule has 0 radical (unpaired) electrons. The number of aromatic nitrogens is 2. The van der Waals surface area contributed by atoms with Crippen molar-refractivity contribution < 1.29 is 0 Å². The van der Waals surface area contributed by atoms with Gasteiger partial charge >= 0.3 is 0 Å². The molecule has 0 unspecified atom stereocenters. The Morgan fingerprint density at radius 2 is 2.19 bits per heavy atom. The molecular formula is C12H24N4. The highest BCUT2D eigenvalue weighted by Crippen LogP contribution is 1.94. The highest BCUT2D eigenvalue weighted by atomic mass is 15.1. The normalized spacial score (nSPS) is 11.2. The maximum atomic E-state index is 4.17. The van der Waals surface area contributed by atoms with E-state index in [9.17, 15) is 0 Å². The third-order valence-electron chi connectivity index (χ3n) is 2.66. The lowest BCUT2D eigenvalue weighted by Crippen LogP contribution is -2.32. The summed E-state index contributed by atoms with van der Waals surface area (Å²) in [5.41, 5.74) is 1.16. The Kier molecular flexibility index (Phi) is 6.11.